The first-order valence-electron chi connectivity index (χ1n) is 3.77. The lowest BCUT2D eigenvalue weighted by molar-refractivity contribution is -0.124. The van der Waals surface area contributed by atoms with Crippen LogP contribution in [0.5, 0.6) is 0 Å². The van der Waals surface area contributed by atoms with E-state index in [1.165, 1.54) is 6.26 Å². The molecule has 4 heteroatoms. The highest BCUT2D eigenvalue weighted by Crippen LogP contribution is 1.95. The summed E-state index contributed by atoms with van der Waals surface area (Å²) in [5.41, 5.74) is 0. The Kier molecular flexibility index (Phi) is 6.93. The van der Waals surface area contributed by atoms with Crippen LogP contribution in [0.15, 0.2) is 12.3 Å². The van der Waals surface area contributed by atoms with Crippen molar-refractivity contribution >= 4 is 12.6 Å². The van der Waals surface area contributed by atoms with E-state index in [0.717, 1.165) is 19.3 Å². The van der Waals surface area contributed by atoms with Gasteiger partial charge in [-0.3, -0.25) is 4.79 Å². The third-order valence-corrected chi connectivity index (χ3v) is 1.13. The van der Waals surface area contributed by atoms with Crippen molar-refractivity contribution in [2.45, 2.75) is 26.2 Å². The van der Waals surface area contributed by atoms with Gasteiger partial charge in [0.15, 0.2) is 0 Å². The summed E-state index contributed by atoms with van der Waals surface area (Å²) in [4.78, 5) is 20.0. The van der Waals surface area contributed by atoms with Gasteiger partial charge in [0.25, 0.3) is 0 Å². The van der Waals surface area contributed by atoms with Crippen molar-refractivity contribution < 1.29 is 19.1 Å². The van der Waals surface area contributed by atoms with Gasteiger partial charge in [0.05, 0.1) is 6.26 Å². The molecule has 0 rings (SSSR count). The van der Waals surface area contributed by atoms with E-state index in [9.17, 15) is 9.59 Å². The van der Waals surface area contributed by atoms with Gasteiger partial charge >= 0.3 is 12.6 Å². The lowest BCUT2D eigenvalue weighted by atomic mass is 10.2. The van der Waals surface area contributed by atoms with E-state index in [-0.39, 0.29) is 6.47 Å². The Morgan fingerprint density at radius 1 is 1.42 bits per heavy atom. The van der Waals surface area contributed by atoms with Gasteiger partial charge in [-0.1, -0.05) is 13.3 Å². The zero-order valence-electron chi connectivity index (χ0n) is 6.99. The molecule has 0 unspecified atom stereocenters. The zero-order chi connectivity index (χ0) is 9.23. The number of carbonyl (C=O) groups excluding carboxylic acids is 2. The van der Waals surface area contributed by atoms with E-state index < -0.39 is 6.16 Å². The fourth-order valence-corrected chi connectivity index (χ4v) is 0.561. The number of rotatable bonds is 5. The molecule has 0 bridgehead atoms. The molecule has 0 saturated heterocycles. The van der Waals surface area contributed by atoms with Crippen molar-refractivity contribution in [3.63, 3.8) is 0 Å². The molecule has 0 aromatic rings. The summed E-state index contributed by atoms with van der Waals surface area (Å²) in [6.45, 7) is 2.09. The van der Waals surface area contributed by atoms with Gasteiger partial charge in [-0.25, -0.2) is 4.79 Å². The monoisotopic (exact) mass is 172 g/mol. The van der Waals surface area contributed by atoms with Gasteiger partial charge in [-0.15, -0.1) is 0 Å². The average molecular weight is 172 g/mol. The molecule has 4 nitrogen and oxygen atoms in total. The first kappa shape index (κ1) is 10.7. The van der Waals surface area contributed by atoms with Crippen LogP contribution in [-0.4, -0.2) is 12.6 Å². The number of hydrogen-bond donors (Lipinski definition) is 0. The predicted molar refractivity (Wildman–Crippen MR) is 42.3 cm³/mol. The molecule has 0 aromatic heterocycles. The average Bonchev–Trinajstić information content (AvgIpc) is 2.05. The van der Waals surface area contributed by atoms with Crippen LogP contribution in [0, 0.1) is 0 Å². The maximum Gasteiger partial charge on any atom is 0.520 e. The van der Waals surface area contributed by atoms with Gasteiger partial charge in [-0.05, 0) is 18.9 Å². The first-order chi connectivity index (χ1) is 5.81. The summed E-state index contributed by atoms with van der Waals surface area (Å²) in [5, 5.41) is 0. The molecule has 0 heterocycles. The molecule has 0 atom stereocenters. The Bertz CT molecular complexity index is 162. The van der Waals surface area contributed by atoms with Crippen molar-refractivity contribution in [3.8, 4) is 0 Å². The quantitative estimate of drug-likeness (QED) is 0.209. The number of carbonyl (C=O) groups is 2. The lowest BCUT2D eigenvalue weighted by Gasteiger charge is -1.92. The second kappa shape index (κ2) is 7.78. The van der Waals surface area contributed by atoms with Crippen molar-refractivity contribution in [2.75, 3.05) is 0 Å². The largest absolute Gasteiger partial charge is 0.520 e. The highest BCUT2D eigenvalue weighted by atomic mass is 16.7. The van der Waals surface area contributed by atoms with E-state index in [4.69, 9.17) is 0 Å². The minimum absolute atomic E-state index is 0.0300. The highest BCUT2D eigenvalue weighted by Gasteiger charge is 1.97. The molecule has 0 aliphatic carbocycles. The van der Waals surface area contributed by atoms with Crippen LogP contribution in [0.1, 0.15) is 26.2 Å². The molecule has 0 radical (unpaired) electrons. The van der Waals surface area contributed by atoms with Crippen LogP contribution in [0.3, 0.4) is 0 Å². The number of ether oxygens (including phenoxy) is 2. The van der Waals surface area contributed by atoms with E-state index in [1.807, 2.05) is 0 Å². The Labute approximate surface area is 71.2 Å². The normalized spacial score (nSPS) is 9.75. The minimum atomic E-state index is -1.00. The molecule has 0 amide bonds. The lowest BCUT2D eigenvalue weighted by Crippen LogP contribution is -2.00. The van der Waals surface area contributed by atoms with Crippen LogP contribution in [0.4, 0.5) is 4.79 Å². The summed E-state index contributed by atoms with van der Waals surface area (Å²) in [7, 11) is 0. The van der Waals surface area contributed by atoms with Crippen LogP contribution in [0.2, 0.25) is 0 Å². The Hall–Kier alpha value is -1.32. The molecule has 0 aliphatic heterocycles. The molecule has 0 N–H and O–H groups in total. The van der Waals surface area contributed by atoms with E-state index in [2.05, 4.69) is 16.4 Å². The maximum absolute atomic E-state index is 10.3. The second-order valence-electron chi connectivity index (χ2n) is 2.10. The first-order valence-corrected chi connectivity index (χ1v) is 3.77. The third kappa shape index (κ3) is 6.80. The van der Waals surface area contributed by atoms with Crippen LogP contribution in [-0.2, 0) is 14.3 Å². The summed E-state index contributed by atoms with van der Waals surface area (Å²) in [5.74, 6) is 0. The van der Waals surface area contributed by atoms with Gasteiger partial charge in [-0.2, -0.15) is 0 Å². The molecule has 0 aliphatic rings. The number of allylic oxidation sites excluding steroid dienone is 1. The van der Waals surface area contributed by atoms with Crippen molar-refractivity contribution in [3.05, 3.63) is 12.3 Å². The topological polar surface area (TPSA) is 52.6 Å². The number of hydrogen-bond acceptors (Lipinski definition) is 4. The van der Waals surface area contributed by atoms with Crippen LogP contribution >= 0.6 is 0 Å². The van der Waals surface area contributed by atoms with Crippen LogP contribution in [0.25, 0.3) is 0 Å². The molecule has 0 saturated carbocycles. The predicted octanol–water partition coefficient (Wildman–Crippen LogP) is 2.00. The summed E-state index contributed by atoms with van der Waals surface area (Å²) >= 11 is 0. The molecular formula is C8H12O4. The zero-order valence-corrected chi connectivity index (χ0v) is 6.99. The second-order valence-corrected chi connectivity index (χ2v) is 2.10. The Morgan fingerprint density at radius 2 is 2.17 bits per heavy atom. The van der Waals surface area contributed by atoms with Crippen molar-refractivity contribution in [1.29, 1.82) is 0 Å². The SMILES string of the molecule is CCCCC=COC(=O)OC=O. The number of unbranched alkanes of at least 4 members (excludes halogenated alkanes) is 2. The summed E-state index contributed by atoms with van der Waals surface area (Å²) < 4.78 is 8.21. The van der Waals surface area contributed by atoms with Gasteiger partial charge < -0.3 is 9.47 Å². The standard InChI is InChI=1S/C8H12O4/c1-2-3-4-5-6-11-8(10)12-7-9/h5-7H,2-4H2,1H3. The Balaban J connectivity index is 3.33. The highest BCUT2D eigenvalue weighted by molar-refractivity contribution is 5.69. The minimum Gasteiger partial charge on any atom is -0.403 e. The van der Waals surface area contributed by atoms with E-state index in [1.54, 1.807) is 6.08 Å². The summed E-state index contributed by atoms with van der Waals surface area (Å²) in [6.07, 6.45) is 4.91. The molecule has 0 spiro atoms. The fraction of sp³-hybridized carbons (Fsp3) is 0.500. The Morgan fingerprint density at radius 3 is 2.75 bits per heavy atom. The van der Waals surface area contributed by atoms with E-state index >= 15 is 0 Å². The molecule has 68 valence electrons. The van der Waals surface area contributed by atoms with Gasteiger partial charge in [0, 0.05) is 0 Å². The van der Waals surface area contributed by atoms with Crippen LogP contribution < -0.4 is 0 Å². The van der Waals surface area contributed by atoms with Gasteiger partial charge in [0.2, 0.25) is 0 Å². The van der Waals surface area contributed by atoms with Gasteiger partial charge in [0.1, 0.15) is 0 Å². The van der Waals surface area contributed by atoms with Crippen molar-refractivity contribution in [2.24, 2.45) is 0 Å². The molecular weight excluding hydrogens is 160 g/mol. The molecule has 0 aromatic carbocycles. The third-order valence-electron chi connectivity index (χ3n) is 1.13. The smallest absolute Gasteiger partial charge is 0.403 e. The maximum atomic E-state index is 10.3. The van der Waals surface area contributed by atoms with E-state index in [0.29, 0.717) is 0 Å². The molecule has 12 heavy (non-hydrogen) atoms. The summed E-state index contributed by atoms with van der Waals surface area (Å²) in [6, 6.07) is 0. The molecule has 0 fully saturated rings. The van der Waals surface area contributed by atoms with Crippen molar-refractivity contribution in [1.82, 2.24) is 0 Å². The fourth-order valence-electron chi connectivity index (χ4n) is 0.561.